The van der Waals surface area contributed by atoms with Crippen molar-refractivity contribution in [3.8, 4) is 0 Å². The summed E-state index contributed by atoms with van der Waals surface area (Å²) in [4.78, 5) is 39.0. The van der Waals surface area contributed by atoms with Crippen LogP contribution in [0.15, 0.2) is 15.7 Å². The molecule has 0 radical (unpaired) electrons. The Morgan fingerprint density at radius 3 is 2.15 bits per heavy atom. The molecule has 0 fully saturated rings. The highest BCUT2D eigenvalue weighted by Gasteiger charge is 2.33. The SMILES string of the molecule is CS(=O)(=O)NC(C=O)N(c1c(Cl)c(Cl)cc2[nH]c(=O)c(=O)[nH]c12)S(C)(=O)=O. The van der Waals surface area contributed by atoms with Crippen molar-refractivity contribution in [3.63, 3.8) is 0 Å². The molecule has 15 heteroatoms. The maximum Gasteiger partial charge on any atom is 0.314 e. The molecule has 0 spiro atoms. The first-order chi connectivity index (χ1) is 12.3. The Morgan fingerprint density at radius 2 is 1.67 bits per heavy atom. The molecule has 0 bridgehead atoms. The fourth-order valence-electron chi connectivity index (χ4n) is 2.26. The first kappa shape index (κ1) is 21.4. The number of aromatic nitrogens is 2. The smallest absolute Gasteiger partial charge is 0.314 e. The molecule has 11 nitrogen and oxygen atoms in total. The highest BCUT2D eigenvalue weighted by Crippen LogP contribution is 2.39. The fourth-order valence-corrected chi connectivity index (χ4v) is 4.44. The van der Waals surface area contributed by atoms with Crippen LogP contribution in [-0.4, -0.2) is 51.8 Å². The zero-order chi connectivity index (χ0) is 20.7. The third-order valence-corrected chi connectivity index (χ3v) is 5.75. The van der Waals surface area contributed by atoms with E-state index in [1.165, 1.54) is 0 Å². The van der Waals surface area contributed by atoms with E-state index in [2.05, 4.69) is 9.97 Å². The number of carbonyl (C=O) groups is 1. The summed E-state index contributed by atoms with van der Waals surface area (Å²) in [5, 5.41) is -0.626. The predicted molar refractivity (Wildman–Crippen MR) is 100 cm³/mol. The van der Waals surface area contributed by atoms with Gasteiger partial charge in [-0.25, -0.2) is 21.1 Å². The van der Waals surface area contributed by atoms with Crippen LogP contribution in [0.25, 0.3) is 11.0 Å². The molecule has 0 saturated carbocycles. The third kappa shape index (κ3) is 4.50. The number of hydrogen-bond donors (Lipinski definition) is 3. The van der Waals surface area contributed by atoms with Gasteiger partial charge in [0.1, 0.15) is 0 Å². The van der Waals surface area contributed by atoms with Crippen molar-refractivity contribution in [2.75, 3.05) is 16.8 Å². The topological polar surface area (TPSA) is 166 Å². The van der Waals surface area contributed by atoms with Gasteiger partial charge in [0.2, 0.25) is 20.0 Å². The van der Waals surface area contributed by atoms with Crippen LogP contribution < -0.4 is 20.1 Å². The van der Waals surface area contributed by atoms with Crippen molar-refractivity contribution in [1.82, 2.24) is 14.7 Å². The summed E-state index contributed by atoms with van der Waals surface area (Å²) in [6.45, 7) is 0. The summed E-state index contributed by atoms with van der Waals surface area (Å²) in [6, 6.07) is 1.15. The number of benzene rings is 1. The van der Waals surface area contributed by atoms with Gasteiger partial charge in [-0.2, -0.15) is 4.72 Å². The van der Waals surface area contributed by atoms with Gasteiger partial charge >= 0.3 is 11.1 Å². The molecule has 0 saturated heterocycles. The lowest BCUT2D eigenvalue weighted by Gasteiger charge is -2.29. The maximum atomic E-state index is 12.3. The number of sulfonamides is 2. The molecule has 0 amide bonds. The first-order valence-corrected chi connectivity index (χ1v) is 11.3. The van der Waals surface area contributed by atoms with E-state index in [-0.39, 0.29) is 22.3 Å². The van der Waals surface area contributed by atoms with Gasteiger partial charge in [-0.15, -0.1) is 0 Å². The van der Waals surface area contributed by atoms with Gasteiger partial charge in [0, 0.05) is 0 Å². The number of rotatable bonds is 6. The second-order valence-corrected chi connectivity index (χ2v) is 9.81. The molecule has 2 rings (SSSR count). The van der Waals surface area contributed by atoms with Crippen molar-refractivity contribution in [1.29, 1.82) is 0 Å². The molecule has 0 aliphatic rings. The summed E-state index contributed by atoms with van der Waals surface area (Å²) in [7, 11) is -8.37. The molecule has 1 aromatic carbocycles. The number of anilines is 1. The van der Waals surface area contributed by atoms with Crippen molar-refractivity contribution in [2.24, 2.45) is 0 Å². The van der Waals surface area contributed by atoms with Crippen LogP contribution in [0, 0.1) is 0 Å². The number of carbonyl (C=O) groups excluding carboxylic acids is 1. The van der Waals surface area contributed by atoms with Crippen molar-refractivity contribution in [3.05, 3.63) is 36.8 Å². The molecule has 1 heterocycles. The normalized spacial score (nSPS) is 13.5. The number of hydrogen-bond acceptors (Lipinski definition) is 7. The van der Waals surface area contributed by atoms with E-state index < -0.39 is 48.0 Å². The molecule has 0 aliphatic heterocycles. The molecule has 2 aromatic rings. The van der Waals surface area contributed by atoms with Crippen molar-refractivity contribution in [2.45, 2.75) is 6.17 Å². The van der Waals surface area contributed by atoms with Crippen LogP contribution >= 0.6 is 23.2 Å². The summed E-state index contributed by atoms with van der Waals surface area (Å²) in [5.74, 6) is 0. The monoisotopic (exact) mass is 458 g/mol. The average molecular weight is 459 g/mol. The van der Waals surface area contributed by atoms with Crippen LogP contribution in [0.4, 0.5) is 5.69 Å². The molecular weight excluding hydrogens is 447 g/mol. The van der Waals surface area contributed by atoms with Gasteiger partial charge in [0.05, 0.1) is 39.3 Å². The molecule has 0 aliphatic carbocycles. The van der Waals surface area contributed by atoms with Crippen LogP contribution in [0.3, 0.4) is 0 Å². The van der Waals surface area contributed by atoms with Crippen LogP contribution in [0.2, 0.25) is 10.0 Å². The lowest BCUT2D eigenvalue weighted by molar-refractivity contribution is -0.109. The van der Waals surface area contributed by atoms with Crippen molar-refractivity contribution < 1.29 is 21.6 Å². The van der Waals surface area contributed by atoms with Gasteiger partial charge in [-0.05, 0) is 6.07 Å². The zero-order valence-corrected chi connectivity index (χ0v) is 16.8. The average Bonchev–Trinajstić information content (AvgIpc) is 2.50. The summed E-state index contributed by atoms with van der Waals surface area (Å²) < 4.78 is 49.9. The highest BCUT2D eigenvalue weighted by atomic mass is 35.5. The second kappa shape index (κ2) is 7.24. The predicted octanol–water partition coefficient (Wildman–Crippen LogP) is -0.637. The van der Waals surface area contributed by atoms with Crippen LogP contribution in [-0.2, 0) is 24.8 Å². The number of aldehydes is 1. The van der Waals surface area contributed by atoms with Gasteiger partial charge in [0.15, 0.2) is 12.5 Å². The maximum absolute atomic E-state index is 12.3. The van der Waals surface area contributed by atoms with E-state index in [9.17, 15) is 31.2 Å². The minimum Gasteiger partial charge on any atom is -0.316 e. The van der Waals surface area contributed by atoms with Gasteiger partial charge in [-0.3, -0.25) is 14.4 Å². The molecule has 148 valence electrons. The van der Waals surface area contributed by atoms with E-state index in [1.54, 1.807) is 0 Å². The Labute approximate surface area is 162 Å². The lowest BCUT2D eigenvalue weighted by Crippen LogP contribution is -2.51. The standard InChI is InChI=1S/C12H12Cl2N4O7S2/c1-26(22,23)17-7(4-19)18(27(2,24)25)10-8(14)5(13)3-6-9(10)16-12(21)11(20)15-6/h3-4,7,17H,1-2H3,(H,15,20)(H,16,21). The lowest BCUT2D eigenvalue weighted by atomic mass is 10.2. The molecular formula is C12H12Cl2N4O7S2. The van der Waals surface area contributed by atoms with Gasteiger partial charge in [-0.1, -0.05) is 23.2 Å². The first-order valence-electron chi connectivity index (χ1n) is 6.82. The Bertz CT molecular complexity index is 1250. The van der Waals surface area contributed by atoms with Crippen LogP contribution in [0.1, 0.15) is 0 Å². The second-order valence-electron chi connectivity index (χ2n) is 5.38. The summed E-state index contributed by atoms with van der Waals surface area (Å²) in [6.07, 6.45) is -0.541. The molecule has 27 heavy (non-hydrogen) atoms. The summed E-state index contributed by atoms with van der Waals surface area (Å²) in [5.41, 5.74) is -3.04. The number of H-pyrrole nitrogens is 2. The number of halogens is 2. The molecule has 1 unspecified atom stereocenters. The number of fused-ring (bicyclic) bond motifs is 1. The minimum atomic E-state index is -4.34. The van der Waals surface area contributed by atoms with Gasteiger partial charge in [0.25, 0.3) is 0 Å². The van der Waals surface area contributed by atoms with E-state index >= 15 is 0 Å². The minimum absolute atomic E-state index is 0.00889. The Morgan fingerprint density at radius 1 is 1.11 bits per heavy atom. The third-order valence-electron chi connectivity index (χ3n) is 3.18. The molecule has 3 N–H and O–H groups in total. The molecule has 1 atom stereocenters. The van der Waals surface area contributed by atoms with Gasteiger partial charge < -0.3 is 9.97 Å². The Balaban J connectivity index is 2.99. The largest absolute Gasteiger partial charge is 0.316 e. The highest BCUT2D eigenvalue weighted by molar-refractivity contribution is 7.92. The van der Waals surface area contributed by atoms with E-state index in [0.717, 1.165) is 6.07 Å². The van der Waals surface area contributed by atoms with Crippen LogP contribution in [0.5, 0.6) is 0 Å². The Hall–Kier alpha value is -1.93. The summed E-state index contributed by atoms with van der Waals surface area (Å²) >= 11 is 12.1. The quantitative estimate of drug-likeness (QED) is 0.294. The van der Waals surface area contributed by atoms with E-state index in [1.807, 2.05) is 4.72 Å². The Kier molecular flexibility index (Phi) is 5.73. The van der Waals surface area contributed by atoms with Crippen molar-refractivity contribution >= 4 is 66.3 Å². The number of aromatic amines is 2. The van der Waals surface area contributed by atoms with E-state index in [4.69, 9.17) is 23.2 Å². The zero-order valence-electron chi connectivity index (χ0n) is 13.6. The van der Waals surface area contributed by atoms with E-state index in [0.29, 0.717) is 16.8 Å². The fraction of sp³-hybridized carbons (Fsp3) is 0.250. The number of nitrogens with zero attached hydrogens (tertiary/aromatic N) is 1. The number of nitrogens with one attached hydrogen (secondary N) is 3. The molecule has 1 aromatic heterocycles.